The zero-order valence-electron chi connectivity index (χ0n) is 10.9. The molecule has 0 aliphatic heterocycles. The van der Waals surface area contributed by atoms with Crippen LogP contribution in [-0.2, 0) is 11.2 Å². The Kier molecular flexibility index (Phi) is 3.52. The van der Waals surface area contributed by atoms with Crippen molar-refractivity contribution in [1.29, 1.82) is 5.26 Å². The monoisotopic (exact) mass is 257 g/mol. The third-order valence-corrected chi connectivity index (χ3v) is 2.81. The number of nitriles is 1. The minimum absolute atomic E-state index is 0.151. The van der Waals surface area contributed by atoms with Crippen molar-refractivity contribution in [2.24, 2.45) is 5.41 Å². The fraction of sp³-hybridized carbons (Fsp3) is 0.357. The SMILES string of the molecule is CC(C)(C#N)CNC(=O)Cc1noc2ccccc12. The van der Waals surface area contributed by atoms with E-state index in [4.69, 9.17) is 9.78 Å². The highest BCUT2D eigenvalue weighted by molar-refractivity contribution is 5.86. The lowest BCUT2D eigenvalue weighted by atomic mass is 9.96. The first kappa shape index (κ1) is 13.1. The summed E-state index contributed by atoms with van der Waals surface area (Å²) in [6, 6.07) is 9.54. The number of rotatable bonds is 4. The normalized spacial score (nSPS) is 11.2. The number of nitrogens with one attached hydrogen (secondary N) is 1. The van der Waals surface area contributed by atoms with E-state index in [0.29, 0.717) is 17.8 Å². The van der Waals surface area contributed by atoms with Gasteiger partial charge < -0.3 is 9.84 Å². The van der Waals surface area contributed by atoms with Crippen LogP contribution in [0.4, 0.5) is 0 Å². The van der Waals surface area contributed by atoms with Crippen molar-refractivity contribution in [3.63, 3.8) is 0 Å². The fourth-order valence-electron chi connectivity index (χ4n) is 1.64. The van der Waals surface area contributed by atoms with E-state index < -0.39 is 5.41 Å². The summed E-state index contributed by atoms with van der Waals surface area (Å²) in [7, 11) is 0. The van der Waals surface area contributed by atoms with Crippen LogP contribution in [0.1, 0.15) is 19.5 Å². The van der Waals surface area contributed by atoms with E-state index in [9.17, 15) is 4.79 Å². The molecule has 1 aromatic heterocycles. The molecule has 0 bridgehead atoms. The topological polar surface area (TPSA) is 78.9 Å². The molecule has 0 unspecified atom stereocenters. The van der Waals surface area contributed by atoms with Gasteiger partial charge in [0.1, 0.15) is 5.69 Å². The van der Waals surface area contributed by atoms with E-state index in [2.05, 4.69) is 16.5 Å². The third-order valence-electron chi connectivity index (χ3n) is 2.81. The van der Waals surface area contributed by atoms with Gasteiger partial charge in [0.15, 0.2) is 5.58 Å². The molecule has 1 aromatic carbocycles. The predicted octanol–water partition coefficient (Wildman–Crippen LogP) is 2.04. The number of nitrogens with zero attached hydrogens (tertiary/aromatic N) is 2. The highest BCUT2D eigenvalue weighted by Crippen LogP contribution is 2.18. The Hall–Kier alpha value is -2.35. The zero-order valence-corrected chi connectivity index (χ0v) is 10.9. The quantitative estimate of drug-likeness (QED) is 0.909. The van der Waals surface area contributed by atoms with Gasteiger partial charge >= 0.3 is 0 Å². The van der Waals surface area contributed by atoms with Crippen molar-refractivity contribution >= 4 is 16.9 Å². The van der Waals surface area contributed by atoms with Gasteiger partial charge in [0.25, 0.3) is 0 Å². The van der Waals surface area contributed by atoms with Crippen molar-refractivity contribution < 1.29 is 9.32 Å². The molecule has 0 aliphatic rings. The van der Waals surface area contributed by atoms with Crippen LogP contribution in [0.25, 0.3) is 11.0 Å². The van der Waals surface area contributed by atoms with E-state index in [1.54, 1.807) is 13.8 Å². The van der Waals surface area contributed by atoms with E-state index in [0.717, 1.165) is 5.39 Å². The average molecular weight is 257 g/mol. The molecule has 0 saturated heterocycles. The maximum absolute atomic E-state index is 11.8. The maximum Gasteiger partial charge on any atom is 0.226 e. The van der Waals surface area contributed by atoms with Crippen molar-refractivity contribution in [2.45, 2.75) is 20.3 Å². The lowest BCUT2D eigenvalue weighted by molar-refractivity contribution is -0.120. The standard InChI is InChI=1S/C14H15N3O2/c1-14(2,8-15)9-16-13(18)7-11-10-5-3-4-6-12(10)19-17-11/h3-6H,7,9H2,1-2H3,(H,16,18). The molecule has 19 heavy (non-hydrogen) atoms. The zero-order chi connectivity index (χ0) is 13.9. The number of hydrogen-bond donors (Lipinski definition) is 1. The Morgan fingerprint density at radius 1 is 1.47 bits per heavy atom. The molecular weight excluding hydrogens is 242 g/mol. The van der Waals surface area contributed by atoms with Crippen LogP contribution in [0, 0.1) is 16.7 Å². The van der Waals surface area contributed by atoms with E-state index >= 15 is 0 Å². The third kappa shape index (κ3) is 3.10. The van der Waals surface area contributed by atoms with E-state index in [1.165, 1.54) is 0 Å². The second kappa shape index (κ2) is 5.11. The van der Waals surface area contributed by atoms with Crippen LogP contribution in [0.15, 0.2) is 28.8 Å². The second-order valence-corrected chi connectivity index (χ2v) is 5.07. The van der Waals surface area contributed by atoms with Crippen molar-refractivity contribution in [2.75, 3.05) is 6.54 Å². The van der Waals surface area contributed by atoms with Gasteiger partial charge in [-0.15, -0.1) is 0 Å². The minimum atomic E-state index is -0.568. The molecular formula is C14H15N3O2. The molecule has 5 heteroatoms. The van der Waals surface area contributed by atoms with Crippen LogP contribution in [0.2, 0.25) is 0 Å². The second-order valence-electron chi connectivity index (χ2n) is 5.07. The Morgan fingerprint density at radius 2 is 2.21 bits per heavy atom. The molecule has 0 spiro atoms. The van der Waals surface area contributed by atoms with Gasteiger partial charge in [0.2, 0.25) is 5.91 Å². The predicted molar refractivity (Wildman–Crippen MR) is 70.1 cm³/mol. The highest BCUT2D eigenvalue weighted by atomic mass is 16.5. The molecule has 1 N–H and O–H groups in total. The highest BCUT2D eigenvalue weighted by Gasteiger charge is 2.18. The van der Waals surface area contributed by atoms with Crippen molar-refractivity contribution in [3.05, 3.63) is 30.0 Å². The summed E-state index contributed by atoms with van der Waals surface area (Å²) in [5.41, 5.74) is 0.715. The van der Waals surface area contributed by atoms with Crippen LogP contribution >= 0.6 is 0 Å². The summed E-state index contributed by atoms with van der Waals surface area (Å²) < 4.78 is 5.13. The first-order chi connectivity index (χ1) is 9.02. The number of aromatic nitrogens is 1. The number of hydrogen-bond acceptors (Lipinski definition) is 4. The molecule has 0 aliphatic carbocycles. The summed E-state index contributed by atoms with van der Waals surface area (Å²) in [5, 5.41) is 16.4. The van der Waals surface area contributed by atoms with Gasteiger partial charge in [0, 0.05) is 11.9 Å². The fourth-order valence-corrected chi connectivity index (χ4v) is 1.64. The van der Waals surface area contributed by atoms with Gasteiger partial charge in [-0.05, 0) is 26.0 Å². The molecule has 98 valence electrons. The first-order valence-electron chi connectivity index (χ1n) is 6.03. The Balaban J connectivity index is 2.02. The Morgan fingerprint density at radius 3 is 2.95 bits per heavy atom. The molecule has 1 amide bonds. The number of carbonyl (C=O) groups is 1. The van der Waals surface area contributed by atoms with Gasteiger partial charge in [-0.3, -0.25) is 4.79 Å². The smallest absolute Gasteiger partial charge is 0.226 e. The summed E-state index contributed by atoms with van der Waals surface area (Å²) in [6.45, 7) is 3.87. The number of para-hydroxylation sites is 1. The minimum Gasteiger partial charge on any atom is -0.356 e. The molecule has 0 fully saturated rings. The van der Waals surface area contributed by atoms with Crippen LogP contribution < -0.4 is 5.32 Å². The molecule has 5 nitrogen and oxygen atoms in total. The molecule has 0 saturated carbocycles. The van der Waals surface area contributed by atoms with E-state index in [-0.39, 0.29) is 12.3 Å². The van der Waals surface area contributed by atoms with Gasteiger partial charge in [-0.25, -0.2) is 0 Å². The van der Waals surface area contributed by atoms with Crippen LogP contribution in [0.5, 0.6) is 0 Å². The summed E-state index contributed by atoms with van der Waals surface area (Å²) >= 11 is 0. The van der Waals surface area contributed by atoms with Gasteiger partial charge in [0.05, 0.1) is 17.9 Å². The number of benzene rings is 1. The molecule has 2 aromatic rings. The van der Waals surface area contributed by atoms with Crippen LogP contribution in [-0.4, -0.2) is 17.6 Å². The lowest BCUT2D eigenvalue weighted by Crippen LogP contribution is -2.34. The van der Waals surface area contributed by atoms with Gasteiger partial charge in [-0.1, -0.05) is 17.3 Å². The van der Waals surface area contributed by atoms with Gasteiger partial charge in [-0.2, -0.15) is 5.26 Å². The summed E-state index contributed by atoms with van der Waals surface area (Å²) in [5.74, 6) is -0.164. The molecule has 0 radical (unpaired) electrons. The Bertz CT molecular complexity index is 637. The summed E-state index contributed by atoms with van der Waals surface area (Å²) in [6.07, 6.45) is 0.151. The molecule has 0 atom stereocenters. The molecule has 1 heterocycles. The Labute approximate surface area is 111 Å². The van der Waals surface area contributed by atoms with Crippen LogP contribution in [0.3, 0.4) is 0 Å². The lowest BCUT2D eigenvalue weighted by Gasteiger charge is -2.15. The number of carbonyl (C=O) groups excluding carboxylic acids is 1. The largest absolute Gasteiger partial charge is 0.356 e. The average Bonchev–Trinajstić information content (AvgIpc) is 2.80. The van der Waals surface area contributed by atoms with Crippen molar-refractivity contribution in [3.8, 4) is 6.07 Å². The molecule has 2 rings (SSSR count). The number of amides is 1. The van der Waals surface area contributed by atoms with Crippen molar-refractivity contribution in [1.82, 2.24) is 10.5 Å². The summed E-state index contributed by atoms with van der Waals surface area (Å²) in [4.78, 5) is 11.8. The maximum atomic E-state index is 11.8. The number of fused-ring (bicyclic) bond motifs is 1. The first-order valence-corrected chi connectivity index (χ1v) is 6.03. The van der Waals surface area contributed by atoms with E-state index in [1.807, 2.05) is 24.3 Å².